The van der Waals surface area contributed by atoms with Crippen molar-refractivity contribution < 1.29 is 19.0 Å². The summed E-state index contributed by atoms with van der Waals surface area (Å²) in [6, 6.07) is 14.4. The first-order valence-corrected chi connectivity index (χ1v) is 10.8. The number of anilines is 1. The molecule has 0 atom stereocenters. The second-order valence-electron chi connectivity index (χ2n) is 7.93. The van der Waals surface area contributed by atoms with Gasteiger partial charge in [-0.1, -0.05) is 31.2 Å². The molecule has 3 aromatic carbocycles. The van der Waals surface area contributed by atoms with E-state index in [-0.39, 0.29) is 5.91 Å². The minimum absolute atomic E-state index is 0.0581. The summed E-state index contributed by atoms with van der Waals surface area (Å²) in [6.07, 6.45) is 1.76. The fourth-order valence-corrected chi connectivity index (χ4v) is 4.85. The second kappa shape index (κ2) is 7.79. The van der Waals surface area contributed by atoms with Gasteiger partial charge in [-0.15, -0.1) is 0 Å². The Labute approximate surface area is 186 Å². The topological polar surface area (TPSA) is 63.8 Å². The van der Waals surface area contributed by atoms with Crippen LogP contribution in [0.1, 0.15) is 28.5 Å². The molecule has 0 aliphatic carbocycles. The summed E-state index contributed by atoms with van der Waals surface area (Å²) >= 11 is 0. The van der Waals surface area contributed by atoms with Gasteiger partial charge < -0.3 is 24.1 Å². The number of ether oxygens (including phenoxy) is 3. The Kier molecular flexibility index (Phi) is 4.93. The average molecular weight is 431 g/mol. The summed E-state index contributed by atoms with van der Waals surface area (Å²) in [4.78, 5) is 18.8. The minimum atomic E-state index is -0.0581. The summed E-state index contributed by atoms with van der Waals surface area (Å²) in [5.74, 6) is 1.51. The lowest BCUT2D eigenvalue weighted by Crippen LogP contribution is -2.29. The maximum atomic E-state index is 13.6. The van der Waals surface area contributed by atoms with E-state index in [4.69, 9.17) is 14.2 Å². The van der Waals surface area contributed by atoms with Crippen molar-refractivity contribution in [1.82, 2.24) is 4.98 Å². The zero-order chi connectivity index (χ0) is 22.4. The first kappa shape index (κ1) is 20.2. The zero-order valence-electron chi connectivity index (χ0n) is 18.7. The first-order chi connectivity index (χ1) is 15.6. The number of fused-ring (bicyclic) bond motifs is 4. The van der Waals surface area contributed by atoms with Gasteiger partial charge in [0.1, 0.15) is 5.69 Å². The van der Waals surface area contributed by atoms with Crippen LogP contribution in [-0.4, -0.2) is 38.8 Å². The molecule has 1 aliphatic heterocycles. The van der Waals surface area contributed by atoms with Gasteiger partial charge in [0.25, 0.3) is 5.91 Å². The maximum absolute atomic E-state index is 13.6. The molecule has 0 saturated heterocycles. The number of hydrogen-bond donors (Lipinski definition) is 1. The summed E-state index contributed by atoms with van der Waals surface area (Å²) in [6.45, 7) is 2.81. The number of nitrogens with one attached hydrogen (secondary N) is 1. The van der Waals surface area contributed by atoms with Crippen LogP contribution in [0.2, 0.25) is 0 Å². The highest BCUT2D eigenvalue weighted by atomic mass is 16.5. The molecule has 164 valence electrons. The molecule has 5 rings (SSSR count). The number of hydrogen-bond acceptors (Lipinski definition) is 4. The quantitative estimate of drug-likeness (QED) is 0.478. The second-order valence-corrected chi connectivity index (χ2v) is 7.93. The van der Waals surface area contributed by atoms with E-state index in [0.717, 1.165) is 23.9 Å². The van der Waals surface area contributed by atoms with E-state index in [1.165, 1.54) is 21.9 Å². The van der Waals surface area contributed by atoms with Crippen LogP contribution in [0.5, 0.6) is 17.2 Å². The van der Waals surface area contributed by atoms with Crippen LogP contribution < -0.4 is 19.1 Å². The highest BCUT2D eigenvalue weighted by Gasteiger charge is 2.29. The van der Waals surface area contributed by atoms with Crippen molar-refractivity contribution in [3.63, 3.8) is 0 Å². The maximum Gasteiger partial charge on any atom is 0.274 e. The fourth-order valence-electron chi connectivity index (χ4n) is 4.85. The van der Waals surface area contributed by atoms with Crippen molar-refractivity contribution in [1.29, 1.82) is 0 Å². The molecule has 0 radical (unpaired) electrons. The normalized spacial score (nSPS) is 12.9. The molecule has 1 amide bonds. The fraction of sp³-hybridized carbons (Fsp3) is 0.269. The highest BCUT2D eigenvalue weighted by Crippen LogP contribution is 2.44. The number of methoxy groups -OCH3 is 3. The lowest BCUT2D eigenvalue weighted by atomic mass is 9.96. The molecule has 0 bridgehead atoms. The summed E-state index contributed by atoms with van der Waals surface area (Å²) in [7, 11) is 4.73. The molecule has 1 aliphatic rings. The van der Waals surface area contributed by atoms with Gasteiger partial charge >= 0.3 is 0 Å². The number of H-pyrrole nitrogens is 1. The van der Waals surface area contributed by atoms with E-state index in [0.29, 0.717) is 35.0 Å². The number of nitrogens with zero attached hydrogens (tertiary/aromatic N) is 1. The van der Waals surface area contributed by atoms with Gasteiger partial charge in [-0.3, -0.25) is 4.79 Å². The Bertz CT molecular complexity index is 1360. The number of aryl methyl sites for hydroxylation is 1. The van der Waals surface area contributed by atoms with Crippen molar-refractivity contribution in [3.05, 3.63) is 59.3 Å². The predicted molar refractivity (Wildman–Crippen MR) is 127 cm³/mol. The molecule has 2 heterocycles. The number of aromatic amines is 1. The van der Waals surface area contributed by atoms with Crippen molar-refractivity contribution in [2.45, 2.75) is 19.8 Å². The molecule has 32 heavy (non-hydrogen) atoms. The van der Waals surface area contributed by atoms with Crippen molar-refractivity contribution in [3.8, 4) is 17.2 Å². The molecule has 4 aromatic rings. The van der Waals surface area contributed by atoms with Gasteiger partial charge in [0.15, 0.2) is 11.5 Å². The molecule has 0 unspecified atom stereocenters. The lowest BCUT2D eigenvalue weighted by Gasteiger charge is -2.18. The third kappa shape index (κ3) is 2.90. The van der Waals surface area contributed by atoms with Crippen molar-refractivity contribution in [2.24, 2.45) is 0 Å². The van der Waals surface area contributed by atoms with Crippen LogP contribution in [0.4, 0.5) is 5.69 Å². The Morgan fingerprint density at radius 3 is 2.44 bits per heavy atom. The van der Waals surface area contributed by atoms with Crippen LogP contribution >= 0.6 is 0 Å². The third-order valence-electron chi connectivity index (χ3n) is 6.37. The van der Waals surface area contributed by atoms with E-state index in [9.17, 15) is 4.79 Å². The van der Waals surface area contributed by atoms with Gasteiger partial charge in [0.05, 0.1) is 26.8 Å². The average Bonchev–Trinajstić information content (AvgIpc) is 3.46. The molecule has 1 aromatic heterocycles. The molecule has 0 fully saturated rings. The Hall–Kier alpha value is -3.67. The lowest BCUT2D eigenvalue weighted by molar-refractivity contribution is 0.0985. The number of benzene rings is 3. The van der Waals surface area contributed by atoms with Gasteiger partial charge in [-0.2, -0.15) is 0 Å². The summed E-state index contributed by atoms with van der Waals surface area (Å²) < 4.78 is 16.5. The number of rotatable bonds is 5. The third-order valence-corrected chi connectivity index (χ3v) is 6.37. The zero-order valence-corrected chi connectivity index (χ0v) is 18.7. The van der Waals surface area contributed by atoms with Gasteiger partial charge in [-0.25, -0.2) is 0 Å². The van der Waals surface area contributed by atoms with Crippen LogP contribution in [0.15, 0.2) is 42.5 Å². The van der Waals surface area contributed by atoms with Gasteiger partial charge in [0, 0.05) is 17.6 Å². The largest absolute Gasteiger partial charge is 0.493 e. The van der Waals surface area contributed by atoms with Gasteiger partial charge in [0.2, 0.25) is 5.75 Å². The smallest absolute Gasteiger partial charge is 0.274 e. The van der Waals surface area contributed by atoms with Crippen molar-refractivity contribution in [2.75, 3.05) is 32.8 Å². The molecule has 6 heteroatoms. The molecular formula is C26H26N2O4. The Morgan fingerprint density at radius 2 is 1.75 bits per heavy atom. The van der Waals surface area contributed by atoms with Crippen LogP contribution in [0, 0.1) is 0 Å². The standard InChI is InChI=1S/C26H26N2O4/c1-5-15-13-21-19(18-9-7-6-8-17(15)18)10-11-28(21)26(29)20-12-16-14-22(30-2)24(31-3)25(32-4)23(16)27-20/h6-9,12-14,27H,5,10-11H2,1-4H3. The number of aromatic nitrogens is 1. The molecule has 6 nitrogen and oxygen atoms in total. The Morgan fingerprint density at radius 1 is 1.00 bits per heavy atom. The van der Waals surface area contributed by atoms with E-state index in [1.807, 2.05) is 17.0 Å². The number of carbonyl (C=O) groups excluding carboxylic acids is 1. The molecule has 0 saturated carbocycles. The summed E-state index contributed by atoms with van der Waals surface area (Å²) in [5.41, 5.74) is 4.72. The molecule has 1 N–H and O–H groups in total. The Balaban J connectivity index is 1.62. The van der Waals surface area contributed by atoms with Crippen molar-refractivity contribution >= 4 is 33.3 Å². The van der Waals surface area contributed by atoms with Crippen LogP contribution in [0.25, 0.3) is 21.7 Å². The van der Waals surface area contributed by atoms with Crippen LogP contribution in [-0.2, 0) is 12.8 Å². The highest BCUT2D eigenvalue weighted by molar-refractivity contribution is 6.11. The first-order valence-electron chi connectivity index (χ1n) is 10.8. The minimum Gasteiger partial charge on any atom is -0.493 e. The van der Waals surface area contributed by atoms with E-state index >= 15 is 0 Å². The monoisotopic (exact) mass is 430 g/mol. The van der Waals surface area contributed by atoms with Crippen LogP contribution in [0.3, 0.4) is 0 Å². The van der Waals surface area contributed by atoms with E-state index < -0.39 is 0 Å². The predicted octanol–water partition coefficient (Wildman–Crippen LogP) is 5.11. The van der Waals surface area contributed by atoms with E-state index in [1.54, 1.807) is 21.3 Å². The summed E-state index contributed by atoms with van der Waals surface area (Å²) in [5, 5.41) is 3.34. The van der Waals surface area contributed by atoms with Gasteiger partial charge in [-0.05, 0) is 52.9 Å². The molecule has 0 spiro atoms. The number of amides is 1. The number of carbonyl (C=O) groups is 1. The SMILES string of the molecule is CCc1cc2c(c3ccccc13)CCN2C(=O)c1cc2cc(OC)c(OC)c(OC)c2[nH]1. The van der Waals surface area contributed by atoms with E-state index in [2.05, 4.69) is 42.2 Å². The molecular weight excluding hydrogens is 404 g/mol.